The molecule has 0 heterocycles. The van der Waals surface area contributed by atoms with Gasteiger partial charge in [0.25, 0.3) is 0 Å². The van der Waals surface area contributed by atoms with Gasteiger partial charge in [-0.2, -0.15) is 0 Å². The smallest absolute Gasteiger partial charge is 0.404 e. The fraction of sp³-hybridized carbons (Fsp3) is 0.333. The van der Waals surface area contributed by atoms with Crippen LogP contribution in [-0.4, -0.2) is 19.6 Å². The summed E-state index contributed by atoms with van der Waals surface area (Å²) in [6.45, 7) is 0. The molecular formula is C18H22NaO8P2+. The first-order chi connectivity index (χ1) is 13.1. The van der Waals surface area contributed by atoms with Crippen LogP contribution in [-0.2, 0) is 14.5 Å². The van der Waals surface area contributed by atoms with Crippen LogP contribution in [0.15, 0.2) is 48.5 Å². The molecule has 1 fully saturated rings. The van der Waals surface area contributed by atoms with Crippen molar-refractivity contribution >= 4 is 15.6 Å². The third-order valence-corrected chi connectivity index (χ3v) is 5.87. The van der Waals surface area contributed by atoms with Gasteiger partial charge in [-0.1, -0.05) is 43.5 Å². The van der Waals surface area contributed by atoms with Gasteiger partial charge in [0.1, 0.15) is 11.5 Å². The summed E-state index contributed by atoms with van der Waals surface area (Å²) < 4.78 is 31.3. The van der Waals surface area contributed by atoms with Crippen molar-refractivity contribution in [3.05, 3.63) is 59.7 Å². The second-order valence-corrected chi connectivity index (χ2v) is 9.18. The van der Waals surface area contributed by atoms with Crippen molar-refractivity contribution in [2.45, 2.75) is 37.5 Å². The third-order valence-electron chi connectivity index (χ3n) is 4.97. The molecule has 0 aliphatic heterocycles. The Kier molecular flexibility index (Phi) is 8.19. The Hall–Kier alpha value is -0.660. The Labute approximate surface area is 191 Å². The molecule has 29 heavy (non-hydrogen) atoms. The monoisotopic (exact) mass is 451 g/mol. The Morgan fingerprint density at radius 3 is 1.31 bits per heavy atom. The fourth-order valence-corrected chi connectivity index (χ4v) is 4.64. The van der Waals surface area contributed by atoms with Crippen LogP contribution < -0.4 is 38.6 Å². The largest absolute Gasteiger partial charge is 1.00 e. The number of benzene rings is 2. The normalized spacial score (nSPS) is 16.6. The number of phosphoric acid groups is 2. The molecule has 0 unspecified atom stereocenters. The Balaban J connectivity index is 0.00000300. The molecular weight excluding hydrogens is 429 g/mol. The van der Waals surface area contributed by atoms with Crippen LogP contribution in [0.4, 0.5) is 0 Å². The van der Waals surface area contributed by atoms with E-state index >= 15 is 0 Å². The molecule has 0 aromatic heterocycles. The summed E-state index contributed by atoms with van der Waals surface area (Å²) in [5.41, 5.74) is 1.70. The first-order valence-corrected chi connectivity index (χ1v) is 11.8. The second kappa shape index (κ2) is 9.65. The summed E-state index contributed by atoms with van der Waals surface area (Å²) in [5.74, 6) is 0.182. The molecule has 0 spiro atoms. The molecule has 0 atom stereocenters. The van der Waals surface area contributed by atoms with E-state index in [9.17, 15) is 9.13 Å². The van der Waals surface area contributed by atoms with Crippen molar-refractivity contribution in [2.24, 2.45) is 0 Å². The van der Waals surface area contributed by atoms with E-state index in [1.54, 1.807) is 24.3 Å². The molecule has 8 nitrogen and oxygen atoms in total. The molecule has 4 N–H and O–H groups in total. The Bertz CT molecular complexity index is 829. The maximum absolute atomic E-state index is 11.0. The third kappa shape index (κ3) is 6.66. The average molecular weight is 451 g/mol. The second-order valence-electron chi connectivity index (χ2n) is 6.86. The maximum atomic E-state index is 11.0. The van der Waals surface area contributed by atoms with Gasteiger partial charge in [-0.25, -0.2) is 9.13 Å². The van der Waals surface area contributed by atoms with Gasteiger partial charge in [0.15, 0.2) is 0 Å². The SMILES string of the molecule is O=P(O)(O)Oc1ccc(C2(c3ccc(OP(=O)(O)O)cc3)CCCCC2)cc1.[Na+]. The number of hydrogen-bond acceptors (Lipinski definition) is 4. The first kappa shape index (κ1) is 24.6. The van der Waals surface area contributed by atoms with E-state index in [-0.39, 0.29) is 46.5 Å². The van der Waals surface area contributed by atoms with Crippen molar-refractivity contribution in [2.75, 3.05) is 0 Å². The fourth-order valence-electron chi connectivity index (χ4n) is 3.84. The van der Waals surface area contributed by atoms with E-state index in [0.717, 1.165) is 43.2 Å². The Morgan fingerprint density at radius 2 is 1.00 bits per heavy atom. The van der Waals surface area contributed by atoms with Gasteiger partial charge in [-0.15, -0.1) is 0 Å². The quantitative estimate of drug-likeness (QED) is 0.376. The summed E-state index contributed by atoms with van der Waals surface area (Å²) in [6, 6.07) is 13.4. The summed E-state index contributed by atoms with van der Waals surface area (Å²) in [6.07, 6.45) is 4.97. The van der Waals surface area contributed by atoms with Crippen LogP contribution in [0, 0.1) is 0 Å². The van der Waals surface area contributed by atoms with E-state index in [1.807, 2.05) is 0 Å². The van der Waals surface area contributed by atoms with E-state index < -0.39 is 15.6 Å². The van der Waals surface area contributed by atoms with Crippen LogP contribution in [0.25, 0.3) is 0 Å². The number of hydrogen-bond donors (Lipinski definition) is 4. The first-order valence-electron chi connectivity index (χ1n) is 8.79. The molecule has 0 amide bonds. The van der Waals surface area contributed by atoms with Gasteiger partial charge >= 0.3 is 45.2 Å². The van der Waals surface area contributed by atoms with Crippen molar-refractivity contribution < 1.29 is 67.3 Å². The number of phosphoric ester groups is 2. The van der Waals surface area contributed by atoms with E-state index in [2.05, 4.69) is 9.05 Å². The predicted molar refractivity (Wildman–Crippen MR) is 102 cm³/mol. The number of rotatable bonds is 6. The molecule has 0 radical (unpaired) electrons. The standard InChI is InChI=1S/C18H22O8P2.Na/c19-27(20,21)25-16-8-4-14(5-9-16)18(12-2-1-3-13-18)15-6-10-17(11-7-15)26-28(22,23)24;/h4-11H,1-3,12-13H2,(H2,19,20,21)(H2,22,23,24);/q;+1. The Morgan fingerprint density at radius 1 is 0.655 bits per heavy atom. The molecule has 152 valence electrons. The topological polar surface area (TPSA) is 134 Å². The molecule has 1 aliphatic carbocycles. The molecule has 11 heteroatoms. The van der Waals surface area contributed by atoms with E-state index in [0.29, 0.717) is 0 Å². The van der Waals surface area contributed by atoms with Crippen LogP contribution in [0.2, 0.25) is 0 Å². The molecule has 2 aromatic rings. The summed E-state index contributed by atoms with van der Waals surface area (Å²) in [5, 5.41) is 0. The molecule has 2 aromatic carbocycles. The molecule has 0 bridgehead atoms. The van der Waals surface area contributed by atoms with Crippen molar-refractivity contribution in [3.63, 3.8) is 0 Å². The average Bonchev–Trinajstić information content (AvgIpc) is 2.61. The molecule has 1 saturated carbocycles. The van der Waals surface area contributed by atoms with Gasteiger partial charge in [0.2, 0.25) is 0 Å². The van der Waals surface area contributed by atoms with E-state index in [1.165, 1.54) is 24.3 Å². The van der Waals surface area contributed by atoms with Crippen LogP contribution >= 0.6 is 15.6 Å². The van der Waals surface area contributed by atoms with Crippen LogP contribution in [0.3, 0.4) is 0 Å². The van der Waals surface area contributed by atoms with Crippen molar-refractivity contribution in [1.29, 1.82) is 0 Å². The summed E-state index contributed by atoms with van der Waals surface area (Å²) in [4.78, 5) is 35.8. The predicted octanol–water partition coefficient (Wildman–Crippen LogP) is 0.884. The van der Waals surface area contributed by atoms with Crippen LogP contribution in [0.1, 0.15) is 43.2 Å². The molecule has 0 saturated heterocycles. The summed E-state index contributed by atoms with van der Waals surface area (Å²) in [7, 11) is -9.22. The van der Waals surface area contributed by atoms with Crippen LogP contribution in [0.5, 0.6) is 11.5 Å². The molecule has 3 rings (SSSR count). The van der Waals surface area contributed by atoms with Gasteiger partial charge in [0, 0.05) is 5.41 Å². The minimum Gasteiger partial charge on any atom is -0.404 e. The zero-order valence-corrected chi connectivity index (χ0v) is 19.8. The summed E-state index contributed by atoms with van der Waals surface area (Å²) >= 11 is 0. The van der Waals surface area contributed by atoms with Gasteiger partial charge in [0.05, 0.1) is 0 Å². The van der Waals surface area contributed by atoms with Crippen molar-refractivity contribution in [1.82, 2.24) is 0 Å². The minimum absolute atomic E-state index is 0. The van der Waals surface area contributed by atoms with E-state index in [4.69, 9.17) is 19.6 Å². The van der Waals surface area contributed by atoms with Gasteiger partial charge in [-0.3, -0.25) is 19.6 Å². The zero-order chi connectivity index (χ0) is 20.4. The molecule has 1 aliphatic rings. The maximum Gasteiger partial charge on any atom is 1.00 e. The zero-order valence-electron chi connectivity index (χ0n) is 16.0. The van der Waals surface area contributed by atoms with Gasteiger partial charge in [-0.05, 0) is 48.2 Å². The minimum atomic E-state index is -4.61. The van der Waals surface area contributed by atoms with Gasteiger partial charge < -0.3 is 9.05 Å². The van der Waals surface area contributed by atoms with Crippen molar-refractivity contribution in [3.8, 4) is 11.5 Å².